The summed E-state index contributed by atoms with van der Waals surface area (Å²) in [7, 11) is 0. The Morgan fingerprint density at radius 1 is 1.11 bits per heavy atom. The summed E-state index contributed by atoms with van der Waals surface area (Å²) in [4.78, 5) is 11.7. The maximum Gasteiger partial charge on any atom is 0.224 e. The Kier molecular flexibility index (Phi) is 4.53. The van der Waals surface area contributed by atoms with Crippen LogP contribution in [0.5, 0.6) is 0 Å². The van der Waals surface area contributed by atoms with Crippen LogP contribution in [0.25, 0.3) is 0 Å². The number of rotatable bonds is 4. The Bertz CT molecular complexity index is 569. The number of carbonyl (C=O) groups is 1. The lowest BCUT2D eigenvalue weighted by molar-refractivity contribution is -0.120. The van der Waals surface area contributed by atoms with Crippen molar-refractivity contribution in [1.82, 2.24) is 5.32 Å². The van der Waals surface area contributed by atoms with Gasteiger partial charge in [0.1, 0.15) is 5.82 Å². The maximum absolute atomic E-state index is 13.0. The largest absolute Gasteiger partial charge is 0.352 e. The molecule has 2 rings (SSSR count). The standard InChI is InChI=1S/C15H13ClFNO/c16-13-6-4-11(5-7-13)9-15(19)18-10-12-2-1-3-14(17)8-12/h1-8H,9-10H2,(H,18,19). The first-order valence-corrected chi connectivity index (χ1v) is 6.27. The summed E-state index contributed by atoms with van der Waals surface area (Å²) >= 11 is 5.77. The molecule has 0 aliphatic carbocycles. The highest BCUT2D eigenvalue weighted by Crippen LogP contribution is 2.10. The minimum absolute atomic E-state index is 0.105. The lowest BCUT2D eigenvalue weighted by Crippen LogP contribution is -2.24. The van der Waals surface area contributed by atoms with Crippen molar-refractivity contribution in [2.45, 2.75) is 13.0 Å². The van der Waals surface area contributed by atoms with Gasteiger partial charge in [-0.25, -0.2) is 4.39 Å². The van der Waals surface area contributed by atoms with E-state index in [1.165, 1.54) is 12.1 Å². The van der Waals surface area contributed by atoms with E-state index in [4.69, 9.17) is 11.6 Å². The molecular formula is C15H13ClFNO. The van der Waals surface area contributed by atoms with Gasteiger partial charge in [-0.3, -0.25) is 4.79 Å². The van der Waals surface area contributed by atoms with Gasteiger partial charge in [0.25, 0.3) is 0 Å². The lowest BCUT2D eigenvalue weighted by atomic mass is 10.1. The molecule has 2 aromatic carbocycles. The van der Waals surface area contributed by atoms with E-state index in [1.807, 2.05) is 12.1 Å². The topological polar surface area (TPSA) is 29.1 Å². The normalized spacial score (nSPS) is 10.2. The van der Waals surface area contributed by atoms with Crippen LogP contribution in [0.2, 0.25) is 5.02 Å². The number of nitrogens with one attached hydrogen (secondary N) is 1. The van der Waals surface area contributed by atoms with Crippen LogP contribution in [0, 0.1) is 5.82 Å². The summed E-state index contributed by atoms with van der Waals surface area (Å²) in [6.45, 7) is 0.324. The average Bonchev–Trinajstić information content (AvgIpc) is 2.39. The number of hydrogen-bond donors (Lipinski definition) is 1. The van der Waals surface area contributed by atoms with Crippen LogP contribution in [-0.4, -0.2) is 5.91 Å². The molecule has 4 heteroatoms. The highest BCUT2D eigenvalue weighted by Gasteiger charge is 2.03. The van der Waals surface area contributed by atoms with Crippen LogP contribution in [-0.2, 0) is 17.8 Å². The number of carbonyl (C=O) groups excluding carboxylic acids is 1. The minimum atomic E-state index is -0.301. The zero-order valence-electron chi connectivity index (χ0n) is 10.2. The number of benzene rings is 2. The summed E-state index contributed by atoms with van der Waals surface area (Å²) < 4.78 is 13.0. The van der Waals surface area contributed by atoms with Crippen molar-refractivity contribution in [2.24, 2.45) is 0 Å². The molecule has 0 saturated carbocycles. The first kappa shape index (κ1) is 13.6. The average molecular weight is 278 g/mol. The van der Waals surface area contributed by atoms with Crippen LogP contribution < -0.4 is 5.32 Å². The fraction of sp³-hybridized carbons (Fsp3) is 0.133. The van der Waals surface area contributed by atoms with Crippen LogP contribution in [0.4, 0.5) is 4.39 Å². The molecule has 98 valence electrons. The quantitative estimate of drug-likeness (QED) is 0.912. The zero-order chi connectivity index (χ0) is 13.7. The van der Waals surface area contributed by atoms with Crippen LogP contribution >= 0.6 is 11.6 Å². The van der Waals surface area contributed by atoms with Crippen molar-refractivity contribution in [3.8, 4) is 0 Å². The van der Waals surface area contributed by atoms with Gasteiger partial charge in [0.15, 0.2) is 0 Å². The van der Waals surface area contributed by atoms with Gasteiger partial charge in [0.05, 0.1) is 6.42 Å². The van der Waals surface area contributed by atoms with Gasteiger partial charge in [-0.15, -0.1) is 0 Å². The molecule has 0 bridgehead atoms. The molecule has 0 fully saturated rings. The fourth-order valence-corrected chi connectivity index (χ4v) is 1.82. The third-order valence-corrected chi connectivity index (χ3v) is 2.91. The number of amides is 1. The molecule has 0 unspecified atom stereocenters. The smallest absolute Gasteiger partial charge is 0.224 e. The molecular weight excluding hydrogens is 265 g/mol. The third-order valence-electron chi connectivity index (χ3n) is 2.66. The van der Waals surface area contributed by atoms with Crippen molar-refractivity contribution < 1.29 is 9.18 Å². The highest BCUT2D eigenvalue weighted by atomic mass is 35.5. The van der Waals surface area contributed by atoms with E-state index in [0.29, 0.717) is 11.6 Å². The third kappa shape index (κ3) is 4.38. The van der Waals surface area contributed by atoms with Crippen molar-refractivity contribution in [1.29, 1.82) is 0 Å². The van der Waals surface area contributed by atoms with E-state index in [-0.39, 0.29) is 18.1 Å². The molecule has 0 aliphatic rings. The Labute approximate surface area is 116 Å². The predicted octanol–water partition coefficient (Wildman–Crippen LogP) is 3.34. The monoisotopic (exact) mass is 277 g/mol. The Balaban J connectivity index is 1.86. The molecule has 0 radical (unpaired) electrons. The first-order chi connectivity index (χ1) is 9.13. The fourth-order valence-electron chi connectivity index (χ4n) is 1.70. The van der Waals surface area contributed by atoms with Crippen molar-refractivity contribution in [3.05, 3.63) is 70.5 Å². The number of hydrogen-bond acceptors (Lipinski definition) is 1. The molecule has 0 spiro atoms. The molecule has 19 heavy (non-hydrogen) atoms. The molecule has 1 amide bonds. The van der Waals surface area contributed by atoms with Gasteiger partial charge >= 0.3 is 0 Å². The predicted molar refractivity (Wildman–Crippen MR) is 73.4 cm³/mol. The summed E-state index contributed by atoms with van der Waals surface area (Å²) in [6.07, 6.45) is 0.284. The molecule has 0 aliphatic heterocycles. The van der Waals surface area contributed by atoms with Crippen molar-refractivity contribution in [3.63, 3.8) is 0 Å². The van der Waals surface area contributed by atoms with Gasteiger partial charge < -0.3 is 5.32 Å². The van der Waals surface area contributed by atoms with E-state index in [2.05, 4.69) is 5.32 Å². The van der Waals surface area contributed by atoms with Gasteiger partial charge in [0, 0.05) is 11.6 Å². The molecule has 0 saturated heterocycles. The molecule has 2 aromatic rings. The van der Waals surface area contributed by atoms with E-state index >= 15 is 0 Å². The second-order valence-corrected chi connectivity index (χ2v) is 4.65. The van der Waals surface area contributed by atoms with Gasteiger partial charge in [-0.2, -0.15) is 0 Å². The van der Waals surface area contributed by atoms with Crippen LogP contribution in [0.3, 0.4) is 0 Å². The summed E-state index contributed by atoms with van der Waals surface area (Å²) in [5.41, 5.74) is 1.63. The molecule has 2 nitrogen and oxygen atoms in total. The summed E-state index contributed by atoms with van der Waals surface area (Å²) in [5.74, 6) is -0.406. The van der Waals surface area contributed by atoms with E-state index in [9.17, 15) is 9.18 Å². The minimum Gasteiger partial charge on any atom is -0.352 e. The first-order valence-electron chi connectivity index (χ1n) is 5.89. The zero-order valence-corrected chi connectivity index (χ0v) is 11.0. The molecule has 1 N–H and O–H groups in total. The second-order valence-electron chi connectivity index (χ2n) is 4.21. The number of halogens is 2. The highest BCUT2D eigenvalue weighted by molar-refractivity contribution is 6.30. The van der Waals surface area contributed by atoms with E-state index < -0.39 is 0 Å². The molecule has 0 aromatic heterocycles. The maximum atomic E-state index is 13.0. The van der Waals surface area contributed by atoms with Crippen molar-refractivity contribution >= 4 is 17.5 Å². The van der Waals surface area contributed by atoms with Gasteiger partial charge in [0.2, 0.25) is 5.91 Å². The summed E-state index contributed by atoms with van der Waals surface area (Å²) in [5, 5.41) is 3.39. The van der Waals surface area contributed by atoms with E-state index in [0.717, 1.165) is 11.1 Å². The van der Waals surface area contributed by atoms with E-state index in [1.54, 1.807) is 24.3 Å². The van der Waals surface area contributed by atoms with Crippen LogP contribution in [0.15, 0.2) is 48.5 Å². The Morgan fingerprint density at radius 2 is 1.84 bits per heavy atom. The molecule has 0 atom stereocenters. The molecule has 0 heterocycles. The lowest BCUT2D eigenvalue weighted by Gasteiger charge is -2.06. The second kappa shape index (κ2) is 6.34. The Hall–Kier alpha value is -1.87. The SMILES string of the molecule is O=C(Cc1ccc(Cl)cc1)NCc1cccc(F)c1. The summed E-state index contributed by atoms with van der Waals surface area (Å²) in [6, 6.07) is 13.3. The van der Waals surface area contributed by atoms with Crippen molar-refractivity contribution in [2.75, 3.05) is 0 Å². The van der Waals surface area contributed by atoms with Gasteiger partial charge in [-0.05, 0) is 35.4 Å². The Morgan fingerprint density at radius 3 is 2.53 bits per heavy atom. The van der Waals surface area contributed by atoms with Gasteiger partial charge in [-0.1, -0.05) is 35.9 Å². The van der Waals surface area contributed by atoms with Crippen LogP contribution in [0.1, 0.15) is 11.1 Å².